The summed E-state index contributed by atoms with van der Waals surface area (Å²) < 4.78 is 0. The minimum Gasteiger partial charge on any atom is -0.477 e. The Bertz CT molecular complexity index is 540. The molecule has 0 bridgehead atoms. The summed E-state index contributed by atoms with van der Waals surface area (Å²) in [6.45, 7) is 0.484. The SMILES string of the molecule is O=C(O)c1[nH]nc2c1CNc1c[nH]cc1-2. The summed E-state index contributed by atoms with van der Waals surface area (Å²) >= 11 is 0. The fourth-order valence-electron chi connectivity index (χ4n) is 1.83. The first-order valence-electron chi connectivity index (χ1n) is 4.49. The van der Waals surface area contributed by atoms with Crippen LogP contribution in [-0.2, 0) is 6.54 Å². The first-order chi connectivity index (χ1) is 7.27. The number of nitrogens with one attached hydrogen (secondary N) is 3. The number of anilines is 1. The normalized spacial score (nSPS) is 12.8. The summed E-state index contributed by atoms with van der Waals surface area (Å²) in [6.07, 6.45) is 3.63. The molecule has 4 N–H and O–H groups in total. The minimum atomic E-state index is -0.982. The van der Waals surface area contributed by atoms with Crippen molar-refractivity contribution < 1.29 is 9.90 Å². The molecular formula is C9H8N4O2. The maximum atomic E-state index is 10.9. The number of hydrogen-bond acceptors (Lipinski definition) is 3. The first kappa shape index (κ1) is 8.10. The molecule has 0 unspecified atom stereocenters. The Morgan fingerprint density at radius 1 is 1.47 bits per heavy atom. The van der Waals surface area contributed by atoms with Crippen molar-refractivity contribution in [3.63, 3.8) is 0 Å². The Morgan fingerprint density at radius 3 is 3.13 bits per heavy atom. The molecule has 0 radical (unpaired) electrons. The Kier molecular flexibility index (Phi) is 1.42. The number of nitrogens with zero attached hydrogens (tertiary/aromatic N) is 1. The van der Waals surface area contributed by atoms with Crippen molar-refractivity contribution in [2.45, 2.75) is 6.54 Å². The van der Waals surface area contributed by atoms with Crippen LogP contribution in [0.4, 0.5) is 5.69 Å². The van der Waals surface area contributed by atoms with Crippen LogP contribution in [0, 0.1) is 0 Å². The quantitative estimate of drug-likeness (QED) is 0.558. The fourth-order valence-corrected chi connectivity index (χ4v) is 1.83. The molecule has 6 heteroatoms. The van der Waals surface area contributed by atoms with Gasteiger partial charge in [0.1, 0.15) is 11.4 Å². The maximum absolute atomic E-state index is 10.9. The van der Waals surface area contributed by atoms with Gasteiger partial charge < -0.3 is 15.4 Å². The van der Waals surface area contributed by atoms with Gasteiger partial charge in [0.2, 0.25) is 0 Å². The second-order valence-corrected chi connectivity index (χ2v) is 3.37. The molecule has 1 aliphatic rings. The summed E-state index contributed by atoms with van der Waals surface area (Å²) in [7, 11) is 0. The van der Waals surface area contributed by atoms with Crippen molar-refractivity contribution in [3.05, 3.63) is 23.7 Å². The Balaban J connectivity index is 2.23. The third kappa shape index (κ3) is 0.983. The number of carboxylic acid groups (broad SMARTS) is 1. The van der Waals surface area contributed by atoms with E-state index in [2.05, 4.69) is 20.5 Å². The molecule has 76 valence electrons. The summed E-state index contributed by atoms with van der Waals surface area (Å²) in [5.74, 6) is -0.982. The second kappa shape index (κ2) is 2.63. The first-order valence-corrected chi connectivity index (χ1v) is 4.49. The van der Waals surface area contributed by atoms with Crippen molar-refractivity contribution in [2.75, 3.05) is 5.32 Å². The van der Waals surface area contributed by atoms with Gasteiger partial charge in [-0.15, -0.1) is 0 Å². The highest BCUT2D eigenvalue weighted by Gasteiger charge is 2.24. The topological polar surface area (TPSA) is 93.8 Å². The molecule has 0 spiro atoms. The molecule has 1 aliphatic heterocycles. The fraction of sp³-hybridized carbons (Fsp3) is 0.111. The number of aromatic carboxylic acids is 1. The van der Waals surface area contributed by atoms with Crippen LogP contribution < -0.4 is 5.32 Å². The van der Waals surface area contributed by atoms with Gasteiger partial charge in [0.05, 0.1) is 5.69 Å². The molecule has 6 nitrogen and oxygen atoms in total. The van der Waals surface area contributed by atoms with Gasteiger partial charge >= 0.3 is 5.97 Å². The Hall–Kier alpha value is -2.24. The van der Waals surface area contributed by atoms with Crippen molar-refractivity contribution >= 4 is 11.7 Å². The van der Waals surface area contributed by atoms with Crippen LogP contribution in [0.3, 0.4) is 0 Å². The average molecular weight is 204 g/mol. The third-order valence-electron chi connectivity index (χ3n) is 2.54. The van der Waals surface area contributed by atoms with E-state index in [1.165, 1.54) is 0 Å². The number of carboxylic acids is 1. The predicted molar refractivity (Wildman–Crippen MR) is 52.7 cm³/mol. The number of aromatic amines is 2. The molecule has 0 aromatic carbocycles. The van der Waals surface area contributed by atoms with Crippen molar-refractivity contribution in [1.82, 2.24) is 15.2 Å². The monoisotopic (exact) mass is 204 g/mol. The second-order valence-electron chi connectivity index (χ2n) is 3.37. The van der Waals surface area contributed by atoms with E-state index in [9.17, 15) is 4.79 Å². The lowest BCUT2D eigenvalue weighted by atomic mass is 10.0. The molecule has 0 atom stereocenters. The Labute approximate surface area is 84.3 Å². The van der Waals surface area contributed by atoms with Crippen LogP contribution >= 0.6 is 0 Å². The van der Waals surface area contributed by atoms with E-state index in [1.54, 1.807) is 6.20 Å². The zero-order valence-corrected chi connectivity index (χ0v) is 7.66. The molecule has 2 aromatic heterocycles. The van der Waals surface area contributed by atoms with Crippen LogP contribution in [0.2, 0.25) is 0 Å². The lowest BCUT2D eigenvalue weighted by Gasteiger charge is -2.13. The predicted octanol–water partition coefficient (Wildman–Crippen LogP) is 1.03. The lowest BCUT2D eigenvalue weighted by Crippen LogP contribution is -2.10. The van der Waals surface area contributed by atoms with Gasteiger partial charge in [-0.05, 0) is 0 Å². The molecule has 3 heterocycles. The summed E-state index contributed by atoms with van der Waals surface area (Å²) in [4.78, 5) is 13.8. The highest BCUT2D eigenvalue weighted by Crippen LogP contribution is 2.34. The summed E-state index contributed by atoms with van der Waals surface area (Å²) in [5.41, 5.74) is 3.42. The summed E-state index contributed by atoms with van der Waals surface area (Å²) in [6, 6.07) is 0. The Morgan fingerprint density at radius 2 is 2.33 bits per heavy atom. The molecule has 0 amide bonds. The van der Waals surface area contributed by atoms with E-state index < -0.39 is 5.97 Å². The molecule has 3 rings (SSSR count). The van der Waals surface area contributed by atoms with Crippen LogP contribution in [0.15, 0.2) is 12.4 Å². The number of hydrogen-bond donors (Lipinski definition) is 4. The smallest absolute Gasteiger partial charge is 0.354 e. The number of carbonyl (C=O) groups is 1. The van der Waals surface area contributed by atoms with Crippen LogP contribution in [-0.4, -0.2) is 26.3 Å². The number of rotatable bonds is 1. The highest BCUT2D eigenvalue weighted by atomic mass is 16.4. The van der Waals surface area contributed by atoms with E-state index in [-0.39, 0.29) is 5.69 Å². The lowest BCUT2D eigenvalue weighted by molar-refractivity contribution is 0.0689. The van der Waals surface area contributed by atoms with E-state index in [0.29, 0.717) is 17.8 Å². The van der Waals surface area contributed by atoms with Gasteiger partial charge in [-0.2, -0.15) is 5.10 Å². The zero-order chi connectivity index (χ0) is 10.4. The van der Waals surface area contributed by atoms with E-state index >= 15 is 0 Å². The minimum absolute atomic E-state index is 0.157. The third-order valence-corrected chi connectivity index (χ3v) is 2.54. The van der Waals surface area contributed by atoms with Crippen LogP contribution in [0.5, 0.6) is 0 Å². The van der Waals surface area contributed by atoms with Crippen molar-refractivity contribution in [2.24, 2.45) is 0 Å². The van der Waals surface area contributed by atoms with E-state index in [4.69, 9.17) is 5.11 Å². The van der Waals surface area contributed by atoms with Gasteiger partial charge in [-0.1, -0.05) is 0 Å². The molecule has 0 saturated carbocycles. The van der Waals surface area contributed by atoms with Crippen LogP contribution in [0.25, 0.3) is 11.3 Å². The molecule has 0 fully saturated rings. The van der Waals surface area contributed by atoms with Crippen molar-refractivity contribution in [3.8, 4) is 11.3 Å². The molecule has 0 saturated heterocycles. The van der Waals surface area contributed by atoms with E-state index in [0.717, 1.165) is 11.3 Å². The average Bonchev–Trinajstić information content (AvgIpc) is 2.82. The van der Waals surface area contributed by atoms with Gasteiger partial charge in [0.15, 0.2) is 0 Å². The number of fused-ring (bicyclic) bond motifs is 3. The maximum Gasteiger partial charge on any atom is 0.354 e. The van der Waals surface area contributed by atoms with Gasteiger partial charge in [0, 0.05) is 30.1 Å². The molecular weight excluding hydrogens is 196 g/mol. The largest absolute Gasteiger partial charge is 0.477 e. The van der Waals surface area contributed by atoms with Crippen LogP contribution in [0.1, 0.15) is 16.1 Å². The standard InChI is InChI=1S/C9H8N4O2/c14-9(15)8-5-2-11-6-3-10-1-4(6)7(5)12-13-8/h1,3,10-11H,2H2,(H,12,13)(H,14,15). The van der Waals surface area contributed by atoms with Gasteiger partial charge in [-0.25, -0.2) is 4.79 Å². The van der Waals surface area contributed by atoms with Gasteiger partial charge in [-0.3, -0.25) is 5.10 Å². The number of aromatic nitrogens is 3. The molecule has 15 heavy (non-hydrogen) atoms. The van der Waals surface area contributed by atoms with Gasteiger partial charge in [0.25, 0.3) is 0 Å². The molecule has 0 aliphatic carbocycles. The number of H-pyrrole nitrogens is 2. The van der Waals surface area contributed by atoms with E-state index in [1.807, 2.05) is 6.20 Å². The highest BCUT2D eigenvalue weighted by molar-refractivity contribution is 5.92. The molecule has 2 aromatic rings. The summed E-state index contributed by atoms with van der Waals surface area (Å²) in [5, 5.41) is 18.6. The van der Waals surface area contributed by atoms with Crippen molar-refractivity contribution in [1.29, 1.82) is 0 Å². The zero-order valence-electron chi connectivity index (χ0n) is 7.66.